The van der Waals surface area contributed by atoms with Crippen LogP contribution in [-0.4, -0.2) is 25.5 Å². The summed E-state index contributed by atoms with van der Waals surface area (Å²) in [6.45, 7) is 0. The SMILES string of the molecule is COC(=O)c1ccc(C=CCBr)cc1OC. The molecule has 0 heterocycles. The van der Waals surface area contributed by atoms with E-state index in [4.69, 9.17) is 4.74 Å². The summed E-state index contributed by atoms with van der Waals surface area (Å²) in [5.74, 6) is 0.122. The molecule has 0 saturated heterocycles. The van der Waals surface area contributed by atoms with Crippen molar-refractivity contribution in [2.45, 2.75) is 0 Å². The van der Waals surface area contributed by atoms with E-state index in [1.807, 2.05) is 18.2 Å². The average Bonchev–Trinajstić information content (AvgIpc) is 2.34. The van der Waals surface area contributed by atoms with E-state index in [0.717, 1.165) is 10.9 Å². The molecule has 0 bridgehead atoms. The molecule has 0 aromatic heterocycles. The third kappa shape index (κ3) is 3.10. The van der Waals surface area contributed by atoms with Crippen molar-refractivity contribution in [3.63, 3.8) is 0 Å². The molecule has 0 aliphatic carbocycles. The van der Waals surface area contributed by atoms with Crippen LogP contribution in [0.25, 0.3) is 6.08 Å². The second kappa shape index (κ2) is 6.33. The fourth-order valence-electron chi connectivity index (χ4n) is 1.27. The molecular formula is C12H13BrO3. The van der Waals surface area contributed by atoms with Gasteiger partial charge in [-0.25, -0.2) is 4.79 Å². The number of alkyl halides is 1. The maximum atomic E-state index is 11.4. The van der Waals surface area contributed by atoms with Gasteiger partial charge in [-0.2, -0.15) is 0 Å². The second-order valence-corrected chi connectivity index (χ2v) is 3.66. The molecule has 0 aliphatic heterocycles. The number of carbonyl (C=O) groups is 1. The zero-order valence-electron chi connectivity index (χ0n) is 9.20. The minimum Gasteiger partial charge on any atom is -0.496 e. The van der Waals surface area contributed by atoms with Crippen LogP contribution in [0.5, 0.6) is 5.75 Å². The number of halogens is 1. The first-order valence-corrected chi connectivity index (χ1v) is 5.84. The number of carbonyl (C=O) groups excluding carboxylic acids is 1. The fraction of sp³-hybridized carbons (Fsp3) is 0.250. The maximum Gasteiger partial charge on any atom is 0.341 e. The number of hydrogen-bond donors (Lipinski definition) is 0. The predicted octanol–water partition coefficient (Wildman–Crippen LogP) is 2.89. The van der Waals surface area contributed by atoms with E-state index in [-0.39, 0.29) is 0 Å². The number of ether oxygens (including phenoxy) is 2. The van der Waals surface area contributed by atoms with Gasteiger partial charge in [0.1, 0.15) is 11.3 Å². The first kappa shape index (κ1) is 12.8. The topological polar surface area (TPSA) is 35.5 Å². The Bertz CT molecular complexity index is 399. The van der Waals surface area contributed by atoms with E-state index in [9.17, 15) is 4.79 Å². The van der Waals surface area contributed by atoms with Gasteiger partial charge in [0.05, 0.1) is 14.2 Å². The van der Waals surface area contributed by atoms with E-state index >= 15 is 0 Å². The molecule has 0 aliphatic rings. The van der Waals surface area contributed by atoms with E-state index in [0.29, 0.717) is 11.3 Å². The summed E-state index contributed by atoms with van der Waals surface area (Å²) >= 11 is 3.30. The summed E-state index contributed by atoms with van der Waals surface area (Å²) in [6.07, 6.45) is 3.91. The van der Waals surface area contributed by atoms with Gasteiger partial charge < -0.3 is 9.47 Å². The summed E-state index contributed by atoms with van der Waals surface area (Å²) < 4.78 is 9.80. The van der Waals surface area contributed by atoms with E-state index in [2.05, 4.69) is 20.7 Å². The highest BCUT2D eigenvalue weighted by Crippen LogP contribution is 2.21. The molecule has 0 unspecified atom stereocenters. The largest absolute Gasteiger partial charge is 0.496 e. The maximum absolute atomic E-state index is 11.4. The van der Waals surface area contributed by atoms with Crippen molar-refractivity contribution >= 4 is 28.0 Å². The number of methoxy groups -OCH3 is 2. The number of esters is 1. The normalized spacial score (nSPS) is 10.4. The van der Waals surface area contributed by atoms with Gasteiger partial charge in [0, 0.05) is 5.33 Å². The Morgan fingerprint density at radius 2 is 2.19 bits per heavy atom. The van der Waals surface area contributed by atoms with E-state index in [1.54, 1.807) is 12.1 Å². The minimum atomic E-state index is -0.395. The van der Waals surface area contributed by atoms with Crippen LogP contribution in [0.3, 0.4) is 0 Å². The lowest BCUT2D eigenvalue weighted by Crippen LogP contribution is -2.03. The molecule has 86 valence electrons. The van der Waals surface area contributed by atoms with Crippen LogP contribution in [0.4, 0.5) is 0 Å². The molecule has 0 N–H and O–H groups in total. The molecule has 1 aromatic rings. The van der Waals surface area contributed by atoms with Gasteiger partial charge in [0.15, 0.2) is 0 Å². The standard InChI is InChI=1S/C12H13BrO3/c1-15-11-8-9(4-3-7-13)5-6-10(11)12(14)16-2/h3-6,8H,7H2,1-2H3. The van der Waals surface area contributed by atoms with Crippen LogP contribution in [-0.2, 0) is 4.74 Å². The number of rotatable bonds is 4. The Morgan fingerprint density at radius 1 is 1.44 bits per heavy atom. The third-order valence-corrected chi connectivity index (χ3v) is 2.40. The Hall–Kier alpha value is -1.29. The molecule has 3 nitrogen and oxygen atoms in total. The molecule has 1 rings (SSSR count). The van der Waals surface area contributed by atoms with Gasteiger partial charge in [-0.05, 0) is 17.7 Å². The van der Waals surface area contributed by atoms with Crippen LogP contribution in [0.2, 0.25) is 0 Å². The zero-order valence-corrected chi connectivity index (χ0v) is 10.8. The second-order valence-electron chi connectivity index (χ2n) is 3.01. The van der Waals surface area contributed by atoms with Crippen molar-refractivity contribution in [3.05, 3.63) is 35.4 Å². The van der Waals surface area contributed by atoms with Crippen molar-refractivity contribution in [1.29, 1.82) is 0 Å². The van der Waals surface area contributed by atoms with Crippen molar-refractivity contribution in [2.24, 2.45) is 0 Å². The highest BCUT2D eigenvalue weighted by atomic mass is 79.9. The number of hydrogen-bond acceptors (Lipinski definition) is 3. The summed E-state index contributed by atoms with van der Waals surface area (Å²) in [6, 6.07) is 5.33. The highest BCUT2D eigenvalue weighted by Gasteiger charge is 2.12. The molecule has 0 amide bonds. The summed E-state index contributed by atoms with van der Waals surface area (Å²) in [4.78, 5) is 11.4. The molecular weight excluding hydrogens is 272 g/mol. The molecule has 0 fully saturated rings. The lowest BCUT2D eigenvalue weighted by molar-refractivity contribution is 0.0597. The summed E-state index contributed by atoms with van der Waals surface area (Å²) in [5, 5.41) is 0.786. The Kier molecular flexibility index (Phi) is 5.05. The average molecular weight is 285 g/mol. The first-order chi connectivity index (χ1) is 7.72. The number of allylic oxidation sites excluding steroid dienone is 1. The van der Waals surface area contributed by atoms with Gasteiger partial charge in [-0.1, -0.05) is 34.1 Å². The Balaban J connectivity index is 3.06. The van der Waals surface area contributed by atoms with Gasteiger partial charge >= 0.3 is 5.97 Å². The van der Waals surface area contributed by atoms with Crippen molar-refractivity contribution in [3.8, 4) is 5.75 Å². The van der Waals surface area contributed by atoms with Gasteiger partial charge in [0.25, 0.3) is 0 Å². The highest BCUT2D eigenvalue weighted by molar-refractivity contribution is 9.09. The lowest BCUT2D eigenvalue weighted by Gasteiger charge is -2.07. The smallest absolute Gasteiger partial charge is 0.341 e. The summed E-state index contributed by atoms with van der Waals surface area (Å²) in [7, 11) is 2.88. The minimum absolute atomic E-state index is 0.395. The van der Waals surface area contributed by atoms with E-state index < -0.39 is 5.97 Å². The van der Waals surface area contributed by atoms with Crippen LogP contribution in [0, 0.1) is 0 Å². The molecule has 0 spiro atoms. The van der Waals surface area contributed by atoms with E-state index in [1.165, 1.54) is 14.2 Å². The van der Waals surface area contributed by atoms with Crippen LogP contribution < -0.4 is 4.74 Å². The molecule has 1 aromatic carbocycles. The molecule has 0 saturated carbocycles. The quantitative estimate of drug-likeness (QED) is 0.630. The monoisotopic (exact) mass is 284 g/mol. The fourth-order valence-corrected chi connectivity index (χ4v) is 1.46. The summed E-state index contributed by atoms with van der Waals surface area (Å²) in [5.41, 5.74) is 1.41. The van der Waals surface area contributed by atoms with Crippen LogP contribution >= 0.6 is 15.9 Å². The molecule has 4 heteroatoms. The number of benzene rings is 1. The van der Waals surface area contributed by atoms with Gasteiger partial charge in [0.2, 0.25) is 0 Å². The third-order valence-electron chi connectivity index (χ3n) is 2.03. The lowest BCUT2D eigenvalue weighted by atomic mass is 10.1. The van der Waals surface area contributed by atoms with Crippen LogP contribution in [0.15, 0.2) is 24.3 Å². The Morgan fingerprint density at radius 3 is 2.75 bits per heavy atom. The molecule has 0 radical (unpaired) electrons. The van der Waals surface area contributed by atoms with Crippen molar-refractivity contribution in [1.82, 2.24) is 0 Å². The Labute approximate surface area is 103 Å². The first-order valence-electron chi connectivity index (χ1n) is 4.71. The van der Waals surface area contributed by atoms with Gasteiger partial charge in [-0.3, -0.25) is 0 Å². The predicted molar refractivity (Wildman–Crippen MR) is 67.2 cm³/mol. The zero-order chi connectivity index (χ0) is 12.0. The van der Waals surface area contributed by atoms with Crippen molar-refractivity contribution < 1.29 is 14.3 Å². The van der Waals surface area contributed by atoms with Gasteiger partial charge in [-0.15, -0.1) is 0 Å². The van der Waals surface area contributed by atoms with Crippen molar-refractivity contribution in [2.75, 3.05) is 19.5 Å². The molecule has 0 atom stereocenters. The van der Waals surface area contributed by atoms with Crippen LogP contribution in [0.1, 0.15) is 15.9 Å². The molecule has 16 heavy (non-hydrogen) atoms.